The quantitative estimate of drug-likeness (QED) is 0.0126. The number of urea groups is 2. The van der Waals surface area contributed by atoms with E-state index in [-0.39, 0.29) is 193 Å². The number of ketones is 1. The van der Waals surface area contributed by atoms with Gasteiger partial charge in [0.05, 0.1) is 61.5 Å². The molecule has 3 unspecified atom stereocenters. The second-order valence-corrected chi connectivity index (χ2v) is 29.3. The Morgan fingerprint density at radius 1 is 0.481 bits per heavy atom. The first kappa shape index (κ1) is 146. The molecule has 35 heteroatoms. The van der Waals surface area contributed by atoms with Gasteiger partial charge in [0.25, 0.3) is 5.91 Å². The van der Waals surface area contributed by atoms with E-state index in [9.17, 15) is 53.7 Å². The SMILES string of the molecule is C.C1CCOC1.CC(=O)[C@@H](C)c1ccccc1.CC(C)(C)OC(=O)OC(=O)OC(C)(C)C.CC(O)[C@@H](C)c1ccccc1.CC(O)[C@@H](N)c1ccccc1.CC(O)[C@@H](NC(N)=O)c1ccccc1.COC.CON(C)C(=O)[C@@H](C)c1ccccc1.C[C@@H](O)[C@@H](NC(N)=O)c1ccccc1.C[C@H](C(=O)O)c1ccccc1.N#C[O-].N[C@H](C(=O)O)c1ccccc1.O.[B].[Br-].[CH3-].[H-].[K+].[Mg+2].[Na+]. The van der Waals surface area contributed by atoms with Crippen LogP contribution in [0.15, 0.2) is 243 Å². The average Bonchev–Trinajstić information content (AvgIpc) is 1.10. The standard InChI is InChI=1S/C11H15NO2.2C10H14N2O2.C10H18O5.C10H14O.C10H12O.C9H13NO.C9H10O2.C8H9NO2.C4H8O.C2H6O.CHNO.CH4.CH3.B.BrH.K.Mg.Na.H2O.H/c1-9(11(13)12(2)14-3)10-7-5-4-6-8-10;2*1-7(13)9(12-10(11)14)8-5-3-2-4-6-8;1-9(2,3)14-7(11)13-8(12)15-10(4,5)6;2*1-8(9(2)11)10-6-4-3-5-7-10;1-7(11)9(10)8-5-3-2-4-6-8;1-7(9(10)11)8-5-3-2-4-6-8;9-7(8(10)11)6-4-2-1-3-5-6;1-2-4-5-3-1;1-3-2;2-1-3;;;;;;;;;/h4-9H,1-3H3;2*2-7,9,13H,1H3,(H3,11,12,14);1-6H3;3-9,11H,1-2H3;3-8H,1-2H3;2-7,9,11H,10H2,1H3;2-7H,1H3,(H,10,11);1-5,7H,9H2,(H,10,11);1-4H2;1-2H3;3H;1H4;1H3;;1H;;;;1H2;/q;;;;;;;;;;;;;-1;;;+1;+2;+1;;-1/p-2/t9-;7?,9-;7-,9-;;8-,9?;8-;7?,9-;2*7-;;;;;;;;;;;;/m011.11100............/s1. The van der Waals surface area contributed by atoms with Crippen LogP contribution in [0.25, 0.3) is 0 Å². The number of likely N-dealkylation sites (N-methyl/N-ethyl adjacent to an activating group) is 1. The summed E-state index contributed by atoms with van der Waals surface area (Å²) in [5.41, 5.74) is 27.1. The number of carboxylic acid groups (broad SMARTS) is 2. The smallest absolute Gasteiger partial charge is 1.00 e. The van der Waals surface area contributed by atoms with Gasteiger partial charge < -0.3 is 124 Å². The van der Waals surface area contributed by atoms with Crippen molar-refractivity contribution in [1.29, 1.82) is 5.26 Å². The van der Waals surface area contributed by atoms with Crippen LogP contribution in [-0.4, -0.2) is 198 Å². The van der Waals surface area contributed by atoms with Crippen molar-refractivity contribution in [3.8, 4) is 6.26 Å². The maximum absolute atomic E-state index is 11.7. The number of hydrogen-bond acceptors (Lipinski definition) is 22. The Bertz CT molecular complexity index is 3900. The van der Waals surface area contributed by atoms with Crippen molar-refractivity contribution in [2.24, 2.45) is 22.9 Å². The summed E-state index contributed by atoms with van der Waals surface area (Å²) in [6.45, 7) is 27.9. The Labute approximate surface area is 872 Å². The number of carbonyl (C=O) groups is 8. The molecule has 0 saturated carbocycles. The van der Waals surface area contributed by atoms with Gasteiger partial charge in [-0.2, -0.15) is 0 Å². The van der Waals surface area contributed by atoms with Crippen LogP contribution in [0.1, 0.15) is 218 Å². The molecule has 30 nitrogen and oxygen atoms in total. The van der Waals surface area contributed by atoms with E-state index in [2.05, 4.69) is 20.1 Å². The first-order valence-corrected chi connectivity index (χ1v) is 39.4. The number of ether oxygens (including phenoxy) is 5. The molecule has 8 aromatic carbocycles. The average molecular weight is 1940 g/mol. The largest absolute Gasteiger partial charge is 2.00 e. The number of aliphatic carboxylic acids is 2. The number of nitrogens with zero attached hydrogens (tertiary/aromatic N) is 2. The Balaban J connectivity index is -0.000000120. The summed E-state index contributed by atoms with van der Waals surface area (Å²) in [5, 5.41) is 75.7. The fourth-order valence-corrected chi connectivity index (χ4v) is 9.61. The Hall–Kier alpha value is -8.04. The molecule has 8 aromatic rings. The molecule has 1 saturated heterocycles. The minimum atomic E-state index is -1.06. The van der Waals surface area contributed by atoms with Crippen LogP contribution in [0.5, 0.6) is 0 Å². The fraction of sp³-hybridized carbons (Fsp3) is 0.396. The first-order chi connectivity index (χ1) is 57.8. The van der Waals surface area contributed by atoms with Crippen LogP contribution in [0.3, 0.4) is 0 Å². The van der Waals surface area contributed by atoms with E-state index < -0.39 is 89.9 Å². The second-order valence-electron chi connectivity index (χ2n) is 29.3. The normalized spacial score (nSPS) is 12.7. The number of nitrogens with two attached hydrogens (primary N) is 4. The zero-order chi connectivity index (χ0) is 94.2. The van der Waals surface area contributed by atoms with Crippen LogP contribution in [0.4, 0.5) is 19.2 Å². The summed E-state index contributed by atoms with van der Waals surface area (Å²) < 4.78 is 23.0. The third kappa shape index (κ3) is 75.0. The minimum absolute atomic E-state index is 0. The van der Waals surface area contributed by atoms with E-state index in [1.807, 2.05) is 246 Å². The molecule has 131 heavy (non-hydrogen) atoms. The number of nitrogens with one attached hydrogen (secondary N) is 2. The third-order valence-electron chi connectivity index (χ3n) is 16.7. The Kier molecular flexibility index (Phi) is 95.9. The van der Waals surface area contributed by atoms with Gasteiger partial charge in [0.1, 0.15) is 23.0 Å². The van der Waals surface area contributed by atoms with Gasteiger partial charge >= 0.3 is 140 Å². The molecule has 713 valence electrons. The number of methoxy groups -OCH3 is 1. The zero-order valence-electron chi connectivity index (χ0n) is 80.5. The third-order valence-corrected chi connectivity index (χ3v) is 16.7. The number of nitriles is 1. The van der Waals surface area contributed by atoms with Crippen LogP contribution < -0.4 is 137 Å². The van der Waals surface area contributed by atoms with E-state index in [4.69, 9.17) is 67.7 Å². The number of amides is 5. The zero-order valence-corrected chi connectivity index (χ0v) is 87.6. The van der Waals surface area contributed by atoms with E-state index >= 15 is 0 Å². The van der Waals surface area contributed by atoms with Gasteiger partial charge in [-0.25, -0.2) is 29.5 Å². The number of hydroxylamine groups is 2. The van der Waals surface area contributed by atoms with Crippen molar-refractivity contribution in [2.75, 3.05) is 41.6 Å². The molecule has 1 aliphatic heterocycles. The van der Waals surface area contributed by atoms with Crippen LogP contribution in [0, 0.1) is 18.9 Å². The Morgan fingerprint density at radius 2 is 0.733 bits per heavy atom. The maximum Gasteiger partial charge on any atom is 2.00 e. The van der Waals surface area contributed by atoms with Gasteiger partial charge in [-0.3, -0.25) is 24.0 Å². The van der Waals surface area contributed by atoms with Gasteiger partial charge in [-0.05, 0) is 147 Å². The van der Waals surface area contributed by atoms with E-state index in [1.165, 1.54) is 30.6 Å². The van der Waals surface area contributed by atoms with Crippen LogP contribution in [-0.2, 0) is 47.7 Å². The molecule has 1 aliphatic rings. The molecule has 0 aromatic heterocycles. The molecule has 0 aliphatic carbocycles. The van der Waals surface area contributed by atoms with Gasteiger partial charge in [-0.1, -0.05) is 264 Å². The van der Waals surface area contributed by atoms with Gasteiger partial charge in [-0.15, -0.1) is 0 Å². The monoisotopic (exact) mass is 1940 g/mol. The topological polar surface area (TPSA) is 523 Å². The molecular formula is C96H143BBrKMgN8NaO22. The number of carbonyl (C=O) groups excluding carboxylic acids is 6. The number of hydrogen-bond donors (Lipinski definition) is 12. The Morgan fingerprint density at radius 3 is 0.947 bits per heavy atom. The summed E-state index contributed by atoms with van der Waals surface area (Å²) in [6.07, 6.45) is -1.17. The van der Waals surface area contributed by atoms with Gasteiger partial charge in [0, 0.05) is 61.0 Å². The number of aliphatic hydroxyl groups is 4. The molecule has 1 heterocycles. The van der Waals surface area contributed by atoms with Crippen molar-refractivity contribution in [3.63, 3.8) is 0 Å². The van der Waals surface area contributed by atoms with Crippen molar-refractivity contribution >= 4 is 79.5 Å². The summed E-state index contributed by atoms with van der Waals surface area (Å²) in [7, 11) is 6.34. The van der Waals surface area contributed by atoms with E-state index in [0.717, 1.165) is 46.6 Å². The number of benzene rings is 8. The number of Topliss-reactive ketones (excluding diaryl/α,β-unsaturated/α-hetero) is 1. The molecule has 0 bridgehead atoms. The minimum Gasteiger partial charge on any atom is -1.00 e. The first-order valence-electron chi connectivity index (χ1n) is 39.4. The number of rotatable bonds is 19. The summed E-state index contributed by atoms with van der Waals surface area (Å²) in [5.74, 6) is -1.91. The number of halogens is 1. The molecule has 12 atom stereocenters. The van der Waals surface area contributed by atoms with Crippen molar-refractivity contribution < 1.29 is 207 Å². The molecule has 0 spiro atoms. The van der Waals surface area contributed by atoms with E-state index in [1.54, 1.807) is 122 Å². The fourth-order valence-electron chi connectivity index (χ4n) is 9.61. The molecule has 5 amide bonds. The number of primary amides is 2. The molecule has 3 radical (unpaired) electrons. The summed E-state index contributed by atoms with van der Waals surface area (Å²) in [6, 6.07) is 72.1. The molecule has 1 fully saturated rings. The van der Waals surface area contributed by atoms with Gasteiger partial charge in [0.15, 0.2) is 0 Å². The second kappa shape index (κ2) is 86.1. The molecule has 9 rings (SSSR count). The molecule has 18 N–H and O–H groups in total. The van der Waals surface area contributed by atoms with Gasteiger partial charge in [0.2, 0.25) is 0 Å². The number of carboxylic acids is 2. The van der Waals surface area contributed by atoms with Crippen LogP contribution in [0.2, 0.25) is 0 Å². The number of aliphatic hydroxyl groups excluding tert-OH is 4. The summed E-state index contributed by atoms with van der Waals surface area (Å²) in [4.78, 5) is 91.7. The molecular weight excluding hydrogens is 1790 g/mol. The van der Waals surface area contributed by atoms with Crippen molar-refractivity contribution in [3.05, 3.63) is 295 Å². The maximum atomic E-state index is 11.7. The van der Waals surface area contributed by atoms with Crippen molar-refractivity contribution in [2.45, 2.75) is 208 Å². The predicted octanol–water partition coefficient (Wildman–Crippen LogP) is 5.01. The predicted molar refractivity (Wildman–Crippen MR) is 504 cm³/mol. The van der Waals surface area contributed by atoms with Crippen LogP contribution >= 0.6 is 0 Å². The summed E-state index contributed by atoms with van der Waals surface area (Å²) >= 11 is 0. The van der Waals surface area contributed by atoms with E-state index in [0.29, 0.717) is 11.8 Å². The van der Waals surface area contributed by atoms with Crippen molar-refractivity contribution in [1.82, 2.24) is 15.7 Å².